The van der Waals surface area contributed by atoms with Crippen LogP contribution in [0.5, 0.6) is 5.75 Å². The topological polar surface area (TPSA) is 50.3 Å². The number of para-hydroxylation sites is 1. The molecule has 1 atom stereocenters. The molecule has 6 heteroatoms. The van der Waals surface area contributed by atoms with Gasteiger partial charge in [-0.25, -0.2) is 9.97 Å². The molecule has 5 nitrogen and oxygen atoms in total. The molecule has 2 heterocycles. The van der Waals surface area contributed by atoms with Crippen LogP contribution in [0.1, 0.15) is 29.2 Å². The molecular weight excluding hydrogens is 392 g/mol. The van der Waals surface area contributed by atoms with Crippen LogP contribution in [0.2, 0.25) is 0 Å². The average molecular weight is 419 g/mol. The lowest BCUT2D eigenvalue weighted by Gasteiger charge is -2.25. The van der Waals surface area contributed by atoms with Gasteiger partial charge in [-0.15, -0.1) is 11.3 Å². The highest BCUT2D eigenvalue weighted by Crippen LogP contribution is 2.25. The highest BCUT2D eigenvalue weighted by molar-refractivity contribution is 7.09. The van der Waals surface area contributed by atoms with Crippen LogP contribution in [-0.2, 0) is 13.1 Å². The second kappa shape index (κ2) is 9.24. The molecule has 0 spiro atoms. The minimum atomic E-state index is 0.230. The molecule has 0 aliphatic rings. The van der Waals surface area contributed by atoms with E-state index in [4.69, 9.17) is 14.7 Å². The molecule has 1 unspecified atom stereocenters. The fraction of sp³-hybridized carbons (Fsp3) is 0.250. The number of nitrogens with one attached hydrogen (secondary N) is 1. The Balaban J connectivity index is 1.55. The van der Waals surface area contributed by atoms with Crippen molar-refractivity contribution in [1.82, 2.24) is 14.9 Å². The van der Waals surface area contributed by atoms with E-state index in [1.54, 1.807) is 18.4 Å². The van der Waals surface area contributed by atoms with E-state index in [1.807, 2.05) is 30.3 Å². The highest BCUT2D eigenvalue weighted by Gasteiger charge is 2.15. The Hall–Kier alpha value is -2.96. The Bertz CT molecular complexity index is 1100. The zero-order valence-electron chi connectivity index (χ0n) is 17.5. The molecule has 0 radical (unpaired) electrons. The third kappa shape index (κ3) is 4.61. The van der Waals surface area contributed by atoms with E-state index < -0.39 is 0 Å². The van der Waals surface area contributed by atoms with E-state index in [1.165, 1.54) is 10.4 Å². The zero-order chi connectivity index (χ0) is 20.9. The van der Waals surface area contributed by atoms with E-state index in [2.05, 4.69) is 59.9 Å². The number of ether oxygens (including phenoxy) is 1. The Morgan fingerprint density at radius 1 is 1.03 bits per heavy atom. The smallest absolute Gasteiger partial charge is 0.145 e. The van der Waals surface area contributed by atoms with Crippen LogP contribution in [-0.4, -0.2) is 29.0 Å². The van der Waals surface area contributed by atoms with Gasteiger partial charge in [-0.05, 0) is 55.2 Å². The van der Waals surface area contributed by atoms with Crippen molar-refractivity contribution in [1.29, 1.82) is 0 Å². The molecule has 0 amide bonds. The van der Waals surface area contributed by atoms with Gasteiger partial charge in [0.1, 0.15) is 17.4 Å². The summed E-state index contributed by atoms with van der Waals surface area (Å²) in [6.07, 6.45) is 0. The molecule has 0 aliphatic carbocycles. The minimum Gasteiger partial charge on any atom is -0.497 e. The van der Waals surface area contributed by atoms with Gasteiger partial charge in [0.2, 0.25) is 0 Å². The van der Waals surface area contributed by atoms with Crippen molar-refractivity contribution < 1.29 is 4.74 Å². The van der Waals surface area contributed by atoms with Gasteiger partial charge < -0.3 is 10.1 Å². The summed E-state index contributed by atoms with van der Waals surface area (Å²) in [6.45, 7) is 3.61. The summed E-state index contributed by atoms with van der Waals surface area (Å²) in [7, 11) is 3.79. The Morgan fingerprint density at radius 3 is 2.57 bits per heavy atom. The van der Waals surface area contributed by atoms with Crippen LogP contribution < -0.4 is 10.1 Å². The number of rotatable bonds is 8. The lowest BCUT2D eigenvalue weighted by atomic mass is 10.1. The van der Waals surface area contributed by atoms with Crippen molar-refractivity contribution in [2.75, 3.05) is 19.5 Å². The van der Waals surface area contributed by atoms with Crippen molar-refractivity contribution >= 4 is 28.1 Å². The molecule has 2 aromatic heterocycles. The first-order chi connectivity index (χ1) is 14.6. The highest BCUT2D eigenvalue weighted by atomic mass is 32.1. The van der Waals surface area contributed by atoms with Crippen LogP contribution in [0.3, 0.4) is 0 Å². The van der Waals surface area contributed by atoms with Crippen LogP contribution in [0.25, 0.3) is 10.9 Å². The predicted molar refractivity (Wildman–Crippen MR) is 124 cm³/mol. The molecule has 1 N–H and O–H groups in total. The zero-order valence-corrected chi connectivity index (χ0v) is 18.3. The van der Waals surface area contributed by atoms with E-state index in [-0.39, 0.29) is 6.04 Å². The third-order valence-electron chi connectivity index (χ3n) is 5.31. The van der Waals surface area contributed by atoms with Crippen LogP contribution >= 0.6 is 11.3 Å². The lowest BCUT2D eigenvalue weighted by Crippen LogP contribution is -2.23. The standard InChI is InChI=1S/C24H26N4OS/c1-17(18-10-12-19(29-3)13-11-18)28(2)16-23-26-22-9-5-4-8-21(22)24(27-23)25-15-20-7-6-14-30-20/h4-14,17H,15-16H2,1-3H3,(H,25,26,27). The minimum absolute atomic E-state index is 0.230. The lowest BCUT2D eigenvalue weighted by molar-refractivity contribution is 0.247. The number of hydrogen-bond donors (Lipinski definition) is 1. The van der Waals surface area contributed by atoms with Crippen LogP contribution in [0, 0.1) is 0 Å². The second-order valence-corrected chi connectivity index (χ2v) is 8.34. The van der Waals surface area contributed by atoms with Gasteiger partial charge in [-0.2, -0.15) is 0 Å². The quantitative estimate of drug-likeness (QED) is 0.409. The van der Waals surface area contributed by atoms with Gasteiger partial charge in [-0.1, -0.05) is 30.3 Å². The molecule has 0 bridgehead atoms. The van der Waals surface area contributed by atoms with E-state index in [0.717, 1.165) is 34.8 Å². The molecule has 154 valence electrons. The third-order valence-corrected chi connectivity index (χ3v) is 6.19. The maximum atomic E-state index is 5.27. The number of benzene rings is 2. The van der Waals surface area contributed by atoms with Crippen molar-refractivity contribution in [2.45, 2.75) is 26.1 Å². The van der Waals surface area contributed by atoms with Gasteiger partial charge in [0.25, 0.3) is 0 Å². The fourth-order valence-electron chi connectivity index (χ4n) is 3.41. The van der Waals surface area contributed by atoms with Gasteiger partial charge in [0.15, 0.2) is 0 Å². The number of aromatic nitrogens is 2. The molecule has 0 aliphatic heterocycles. The fourth-order valence-corrected chi connectivity index (χ4v) is 4.06. The second-order valence-electron chi connectivity index (χ2n) is 7.30. The van der Waals surface area contributed by atoms with Gasteiger partial charge >= 0.3 is 0 Å². The molecule has 0 saturated carbocycles. The number of nitrogens with zero attached hydrogens (tertiary/aromatic N) is 3. The summed E-state index contributed by atoms with van der Waals surface area (Å²) in [5.74, 6) is 2.56. The maximum absolute atomic E-state index is 5.27. The average Bonchev–Trinajstić information content (AvgIpc) is 3.30. The molecule has 4 rings (SSSR count). The Kier molecular flexibility index (Phi) is 6.26. The van der Waals surface area contributed by atoms with E-state index >= 15 is 0 Å². The summed E-state index contributed by atoms with van der Waals surface area (Å²) < 4.78 is 5.27. The van der Waals surface area contributed by atoms with Gasteiger partial charge in [0.05, 0.1) is 25.7 Å². The van der Waals surface area contributed by atoms with Crippen molar-refractivity contribution in [2.24, 2.45) is 0 Å². The summed E-state index contributed by atoms with van der Waals surface area (Å²) >= 11 is 1.74. The largest absolute Gasteiger partial charge is 0.497 e. The molecule has 2 aromatic carbocycles. The van der Waals surface area contributed by atoms with Crippen molar-refractivity contribution in [3.8, 4) is 5.75 Å². The SMILES string of the molecule is COc1ccc(C(C)N(C)Cc2nc(NCc3cccs3)c3ccccc3n2)cc1. The molecule has 4 aromatic rings. The van der Waals surface area contributed by atoms with E-state index in [0.29, 0.717) is 6.54 Å². The normalized spacial score (nSPS) is 12.3. The summed E-state index contributed by atoms with van der Waals surface area (Å²) in [5.41, 5.74) is 2.19. The molecule has 0 saturated heterocycles. The number of anilines is 1. The molecule has 0 fully saturated rings. The van der Waals surface area contributed by atoms with Crippen LogP contribution in [0.15, 0.2) is 66.0 Å². The Labute approximate surface area is 181 Å². The van der Waals surface area contributed by atoms with Gasteiger partial charge in [0, 0.05) is 16.3 Å². The van der Waals surface area contributed by atoms with Crippen molar-refractivity contribution in [3.05, 3.63) is 82.3 Å². The Morgan fingerprint density at radius 2 is 1.83 bits per heavy atom. The first-order valence-electron chi connectivity index (χ1n) is 10.00. The first-order valence-corrected chi connectivity index (χ1v) is 10.9. The number of methoxy groups -OCH3 is 1. The summed E-state index contributed by atoms with van der Waals surface area (Å²) in [5, 5.41) is 6.64. The summed E-state index contributed by atoms with van der Waals surface area (Å²) in [6, 6.07) is 20.8. The van der Waals surface area contributed by atoms with Crippen molar-refractivity contribution in [3.63, 3.8) is 0 Å². The van der Waals surface area contributed by atoms with Gasteiger partial charge in [-0.3, -0.25) is 4.90 Å². The van der Waals surface area contributed by atoms with E-state index in [9.17, 15) is 0 Å². The first kappa shape index (κ1) is 20.3. The molecule has 30 heavy (non-hydrogen) atoms. The maximum Gasteiger partial charge on any atom is 0.145 e. The van der Waals surface area contributed by atoms with Crippen LogP contribution in [0.4, 0.5) is 5.82 Å². The number of fused-ring (bicyclic) bond motifs is 1. The molecular formula is C24H26N4OS. The number of hydrogen-bond acceptors (Lipinski definition) is 6. The number of thiophene rings is 1. The monoisotopic (exact) mass is 418 g/mol. The summed E-state index contributed by atoms with van der Waals surface area (Å²) in [4.78, 5) is 13.2. The predicted octanol–water partition coefficient (Wildman–Crippen LogP) is 5.51.